The molecule has 4 amide bonds. The molecule has 0 spiro atoms. The zero-order valence-electron chi connectivity index (χ0n) is 11.9. The molecule has 112 valence electrons. The highest BCUT2D eigenvalue weighted by atomic mass is 16.7. The molecule has 1 aliphatic heterocycles. The van der Waals surface area contributed by atoms with Crippen molar-refractivity contribution >= 4 is 17.8 Å². The van der Waals surface area contributed by atoms with E-state index in [2.05, 4.69) is 10.8 Å². The van der Waals surface area contributed by atoms with Crippen LogP contribution in [0.25, 0.3) is 0 Å². The lowest BCUT2D eigenvalue weighted by atomic mass is 10.1. The zero-order chi connectivity index (χ0) is 14.8. The summed E-state index contributed by atoms with van der Waals surface area (Å²) in [5.74, 6) is -0.630. The minimum absolute atomic E-state index is 0.0436. The standard InChI is InChI=1S/C13H21N3O4/c1-13(2)11(18)16(12(19)14-13)8-7-10(17)15-20-9-5-3-4-6-9/h9H,3-8H2,1-2H3,(H,14,19)(H,15,17). The smallest absolute Gasteiger partial charge is 0.324 e. The average Bonchev–Trinajstić information content (AvgIpc) is 2.94. The molecule has 0 aromatic carbocycles. The molecular formula is C13H21N3O4. The van der Waals surface area contributed by atoms with E-state index in [0.29, 0.717) is 0 Å². The van der Waals surface area contributed by atoms with E-state index in [-0.39, 0.29) is 30.9 Å². The van der Waals surface area contributed by atoms with E-state index >= 15 is 0 Å². The minimum atomic E-state index is -0.895. The fraction of sp³-hybridized carbons (Fsp3) is 0.769. The van der Waals surface area contributed by atoms with Crippen molar-refractivity contribution in [2.45, 2.75) is 57.6 Å². The van der Waals surface area contributed by atoms with Gasteiger partial charge in [0.05, 0.1) is 6.10 Å². The number of carbonyl (C=O) groups excluding carboxylic acids is 3. The number of urea groups is 1. The van der Waals surface area contributed by atoms with Crippen LogP contribution in [0.15, 0.2) is 0 Å². The van der Waals surface area contributed by atoms with Crippen molar-refractivity contribution in [3.05, 3.63) is 0 Å². The van der Waals surface area contributed by atoms with Gasteiger partial charge in [-0.05, 0) is 26.7 Å². The van der Waals surface area contributed by atoms with Crippen LogP contribution in [-0.2, 0) is 14.4 Å². The molecule has 7 nitrogen and oxygen atoms in total. The molecule has 2 fully saturated rings. The van der Waals surface area contributed by atoms with Gasteiger partial charge in [-0.25, -0.2) is 10.3 Å². The molecule has 1 aliphatic carbocycles. The Bertz CT molecular complexity index is 416. The molecule has 0 aromatic heterocycles. The highest BCUT2D eigenvalue weighted by molar-refractivity contribution is 6.06. The Morgan fingerprint density at radius 2 is 2.05 bits per heavy atom. The first-order chi connectivity index (χ1) is 9.40. The van der Waals surface area contributed by atoms with E-state index in [1.165, 1.54) is 0 Å². The second-order valence-corrected chi connectivity index (χ2v) is 5.81. The third-order valence-electron chi connectivity index (χ3n) is 3.65. The van der Waals surface area contributed by atoms with Gasteiger partial charge in [0.1, 0.15) is 5.54 Å². The maximum absolute atomic E-state index is 11.9. The van der Waals surface area contributed by atoms with Gasteiger partial charge >= 0.3 is 6.03 Å². The van der Waals surface area contributed by atoms with Gasteiger partial charge in [0.25, 0.3) is 5.91 Å². The lowest BCUT2D eigenvalue weighted by Crippen LogP contribution is -2.40. The number of hydrogen-bond donors (Lipinski definition) is 2. The molecule has 0 unspecified atom stereocenters. The van der Waals surface area contributed by atoms with Crippen LogP contribution in [0.1, 0.15) is 46.0 Å². The second kappa shape index (κ2) is 5.78. The van der Waals surface area contributed by atoms with E-state index in [1.54, 1.807) is 13.8 Å². The third-order valence-corrected chi connectivity index (χ3v) is 3.65. The number of hydrogen-bond acceptors (Lipinski definition) is 4. The molecule has 1 heterocycles. The summed E-state index contributed by atoms with van der Waals surface area (Å²) in [4.78, 5) is 41.5. The van der Waals surface area contributed by atoms with Crippen LogP contribution in [0.2, 0.25) is 0 Å². The Hall–Kier alpha value is -1.63. The molecule has 0 aromatic rings. The Morgan fingerprint density at radius 3 is 2.60 bits per heavy atom. The van der Waals surface area contributed by atoms with Crippen molar-refractivity contribution in [3.63, 3.8) is 0 Å². The fourth-order valence-electron chi connectivity index (χ4n) is 2.44. The van der Waals surface area contributed by atoms with Gasteiger partial charge in [-0.15, -0.1) is 0 Å². The predicted octanol–water partition coefficient (Wildman–Crippen LogP) is 0.697. The SMILES string of the molecule is CC1(C)NC(=O)N(CCC(=O)NOC2CCCC2)C1=O. The first-order valence-corrected chi connectivity index (χ1v) is 6.99. The van der Waals surface area contributed by atoms with Crippen molar-refractivity contribution < 1.29 is 19.2 Å². The summed E-state index contributed by atoms with van der Waals surface area (Å²) >= 11 is 0. The van der Waals surface area contributed by atoms with E-state index in [9.17, 15) is 14.4 Å². The summed E-state index contributed by atoms with van der Waals surface area (Å²) < 4.78 is 0. The van der Waals surface area contributed by atoms with E-state index in [0.717, 1.165) is 30.6 Å². The maximum atomic E-state index is 11.9. The lowest BCUT2D eigenvalue weighted by molar-refractivity contribution is -0.139. The Balaban J connectivity index is 1.73. The summed E-state index contributed by atoms with van der Waals surface area (Å²) in [6.07, 6.45) is 4.30. The van der Waals surface area contributed by atoms with Crippen molar-refractivity contribution in [2.75, 3.05) is 6.54 Å². The third kappa shape index (κ3) is 3.27. The molecule has 2 N–H and O–H groups in total. The van der Waals surface area contributed by atoms with E-state index in [4.69, 9.17) is 4.84 Å². The molecule has 7 heteroatoms. The van der Waals surface area contributed by atoms with Gasteiger partial charge in [0.2, 0.25) is 5.91 Å². The summed E-state index contributed by atoms with van der Waals surface area (Å²) in [6, 6.07) is -0.454. The fourth-order valence-corrected chi connectivity index (χ4v) is 2.44. The van der Waals surface area contributed by atoms with Gasteiger partial charge in [0.15, 0.2) is 0 Å². The first kappa shape index (κ1) is 14.8. The molecule has 20 heavy (non-hydrogen) atoms. The van der Waals surface area contributed by atoms with Crippen molar-refractivity contribution in [2.24, 2.45) is 0 Å². The number of hydroxylamine groups is 1. The summed E-state index contributed by atoms with van der Waals surface area (Å²) in [5, 5.41) is 2.57. The topological polar surface area (TPSA) is 87.7 Å². The van der Waals surface area contributed by atoms with Crippen LogP contribution >= 0.6 is 0 Å². The average molecular weight is 283 g/mol. The normalized spacial score (nSPS) is 22.2. The molecule has 1 saturated carbocycles. The Kier molecular flexibility index (Phi) is 4.27. The first-order valence-electron chi connectivity index (χ1n) is 6.99. The monoisotopic (exact) mass is 283 g/mol. The minimum Gasteiger partial charge on any atom is -0.324 e. The number of carbonyl (C=O) groups is 3. The van der Waals surface area contributed by atoms with Crippen LogP contribution in [-0.4, -0.2) is 40.9 Å². The van der Waals surface area contributed by atoms with Crippen LogP contribution in [0.5, 0.6) is 0 Å². The highest BCUT2D eigenvalue weighted by Crippen LogP contribution is 2.20. The number of imide groups is 1. The summed E-state index contributed by atoms with van der Waals surface area (Å²) in [5.41, 5.74) is 1.50. The second-order valence-electron chi connectivity index (χ2n) is 5.81. The molecule has 2 aliphatic rings. The Morgan fingerprint density at radius 1 is 1.40 bits per heavy atom. The van der Waals surface area contributed by atoms with Gasteiger partial charge in [0, 0.05) is 13.0 Å². The summed E-state index contributed by atoms with van der Waals surface area (Å²) in [6.45, 7) is 3.33. The highest BCUT2D eigenvalue weighted by Gasteiger charge is 2.43. The van der Waals surface area contributed by atoms with Crippen molar-refractivity contribution in [1.82, 2.24) is 15.7 Å². The number of nitrogens with one attached hydrogen (secondary N) is 2. The van der Waals surface area contributed by atoms with Crippen LogP contribution in [0.3, 0.4) is 0 Å². The van der Waals surface area contributed by atoms with Crippen LogP contribution in [0, 0.1) is 0 Å². The van der Waals surface area contributed by atoms with Gasteiger partial charge in [-0.1, -0.05) is 12.8 Å². The Labute approximate surface area is 118 Å². The summed E-state index contributed by atoms with van der Waals surface area (Å²) in [7, 11) is 0. The van der Waals surface area contributed by atoms with Crippen molar-refractivity contribution in [1.29, 1.82) is 0 Å². The zero-order valence-corrected chi connectivity index (χ0v) is 11.9. The van der Waals surface area contributed by atoms with Crippen LogP contribution in [0.4, 0.5) is 4.79 Å². The predicted molar refractivity (Wildman–Crippen MR) is 70.4 cm³/mol. The van der Waals surface area contributed by atoms with Crippen LogP contribution < -0.4 is 10.8 Å². The maximum Gasteiger partial charge on any atom is 0.325 e. The van der Waals surface area contributed by atoms with Crippen molar-refractivity contribution in [3.8, 4) is 0 Å². The molecule has 0 atom stereocenters. The molecular weight excluding hydrogens is 262 g/mol. The molecule has 0 bridgehead atoms. The largest absolute Gasteiger partial charge is 0.325 e. The molecule has 1 saturated heterocycles. The van der Waals surface area contributed by atoms with Gasteiger partial charge in [-0.3, -0.25) is 19.3 Å². The molecule has 0 radical (unpaired) electrons. The quantitative estimate of drug-likeness (QED) is 0.574. The van der Waals surface area contributed by atoms with Gasteiger partial charge in [-0.2, -0.15) is 0 Å². The molecule has 2 rings (SSSR count). The number of amides is 4. The van der Waals surface area contributed by atoms with E-state index in [1.807, 2.05) is 0 Å². The number of nitrogens with zero attached hydrogens (tertiary/aromatic N) is 1. The lowest BCUT2D eigenvalue weighted by Gasteiger charge is -2.16. The number of rotatable bonds is 5. The van der Waals surface area contributed by atoms with Gasteiger partial charge < -0.3 is 5.32 Å². The van der Waals surface area contributed by atoms with E-state index < -0.39 is 11.6 Å².